The van der Waals surface area contributed by atoms with Gasteiger partial charge in [0.05, 0.1) is 17.7 Å². The molecule has 114 valence electrons. The summed E-state index contributed by atoms with van der Waals surface area (Å²) in [5.41, 5.74) is 2.55. The number of nitro groups is 1. The molecule has 0 amide bonds. The molecule has 0 saturated heterocycles. The van der Waals surface area contributed by atoms with Gasteiger partial charge in [0.1, 0.15) is 12.4 Å². The van der Waals surface area contributed by atoms with E-state index in [-0.39, 0.29) is 12.3 Å². The summed E-state index contributed by atoms with van der Waals surface area (Å²) in [6.45, 7) is 2.10. The zero-order valence-electron chi connectivity index (χ0n) is 12.4. The normalized spacial score (nSPS) is 11.1. The first-order chi connectivity index (χ1) is 10.6. The number of nitrogens with zero attached hydrogens (tertiary/aromatic N) is 2. The van der Waals surface area contributed by atoms with E-state index in [1.54, 1.807) is 19.2 Å². The number of nitro benzene ring substituents is 1. The van der Waals surface area contributed by atoms with Crippen molar-refractivity contribution in [1.29, 1.82) is 0 Å². The Bertz CT molecular complexity index is 664. The highest BCUT2D eigenvalue weighted by Crippen LogP contribution is 2.14. The quantitative estimate of drug-likeness (QED) is 0.464. The Balaban J connectivity index is 1.94. The maximum atomic E-state index is 10.6. The van der Waals surface area contributed by atoms with Crippen LogP contribution in [0.5, 0.6) is 5.75 Å². The molecule has 0 saturated carbocycles. The number of oxime groups is 1. The number of ether oxygens (including phenoxy) is 1. The molecule has 0 aliphatic rings. The fraction of sp³-hybridized carbons (Fsp3) is 0.188. The average molecular weight is 300 g/mol. The lowest BCUT2D eigenvalue weighted by molar-refractivity contribution is -0.384. The highest BCUT2D eigenvalue weighted by Gasteiger charge is 2.04. The molecule has 0 radical (unpaired) electrons. The Morgan fingerprint density at radius 3 is 2.32 bits per heavy atom. The van der Waals surface area contributed by atoms with E-state index in [1.165, 1.54) is 12.1 Å². The van der Waals surface area contributed by atoms with Crippen molar-refractivity contribution in [3.05, 3.63) is 69.8 Å². The summed E-state index contributed by atoms with van der Waals surface area (Å²) in [7, 11) is 1.61. The summed E-state index contributed by atoms with van der Waals surface area (Å²) in [4.78, 5) is 15.4. The van der Waals surface area contributed by atoms with Crippen LogP contribution in [0.4, 0.5) is 5.69 Å². The average Bonchev–Trinajstić information content (AvgIpc) is 2.55. The minimum Gasteiger partial charge on any atom is -0.497 e. The maximum Gasteiger partial charge on any atom is 0.269 e. The third kappa shape index (κ3) is 4.05. The summed E-state index contributed by atoms with van der Waals surface area (Å²) < 4.78 is 5.10. The van der Waals surface area contributed by atoms with Gasteiger partial charge in [0.2, 0.25) is 0 Å². The van der Waals surface area contributed by atoms with E-state index in [0.29, 0.717) is 0 Å². The molecular weight excluding hydrogens is 284 g/mol. The molecule has 0 heterocycles. The van der Waals surface area contributed by atoms with Gasteiger partial charge in [-0.3, -0.25) is 10.1 Å². The van der Waals surface area contributed by atoms with Gasteiger partial charge in [-0.2, -0.15) is 0 Å². The summed E-state index contributed by atoms with van der Waals surface area (Å²) in [6.07, 6.45) is 0. The molecule has 0 aromatic heterocycles. The van der Waals surface area contributed by atoms with E-state index in [0.717, 1.165) is 22.6 Å². The smallest absolute Gasteiger partial charge is 0.269 e. The standard InChI is InChI=1S/C16H16N2O4/c1-12(14-5-9-16(21-2)10-6-14)17-22-11-13-3-7-15(8-4-13)18(19)20/h3-10H,11H2,1-2H3/b17-12+. The van der Waals surface area contributed by atoms with Crippen LogP contribution in [0, 0.1) is 10.1 Å². The SMILES string of the molecule is COc1ccc(/C(C)=N/OCc2ccc([N+](=O)[O-])cc2)cc1. The van der Waals surface area contributed by atoms with Crippen molar-refractivity contribution < 1.29 is 14.5 Å². The molecule has 2 aromatic rings. The molecule has 0 unspecified atom stereocenters. The second kappa shape index (κ2) is 7.21. The van der Waals surface area contributed by atoms with Crippen LogP contribution in [0.15, 0.2) is 53.7 Å². The summed E-state index contributed by atoms with van der Waals surface area (Å²) >= 11 is 0. The highest BCUT2D eigenvalue weighted by atomic mass is 16.6. The van der Waals surface area contributed by atoms with Crippen molar-refractivity contribution in [2.24, 2.45) is 5.16 Å². The van der Waals surface area contributed by atoms with Crippen LogP contribution in [0.3, 0.4) is 0 Å². The van der Waals surface area contributed by atoms with E-state index in [2.05, 4.69) is 5.16 Å². The number of methoxy groups -OCH3 is 1. The molecule has 6 nitrogen and oxygen atoms in total. The van der Waals surface area contributed by atoms with Gasteiger partial charge < -0.3 is 9.57 Å². The number of benzene rings is 2. The molecule has 0 atom stereocenters. The van der Waals surface area contributed by atoms with Gasteiger partial charge in [-0.1, -0.05) is 5.16 Å². The number of rotatable bonds is 6. The summed E-state index contributed by atoms with van der Waals surface area (Å²) in [6, 6.07) is 13.7. The summed E-state index contributed by atoms with van der Waals surface area (Å²) in [5.74, 6) is 0.781. The first-order valence-electron chi connectivity index (χ1n) is 6.64. The van der Waals surface area contributed by atoms with Crippen molar-refractivity contribution in [1.82, 2.24) is 0 Å². The van der Waals surface area contributed by atoms with Crippen molar-refractivity contribution in [3.63, 3.8) is 0 Å². The third-order valence-electron chi connectivity index (χ3n) is 3.09. The minimum absolute atomic E-state index is 0.0571. The molecule has 2 aromatic carbocycles. The molecule has 0 fully saturated rings. The highest BCUT2D eigenvalue weighted by molar-refractivity contribution is 5.98. The van der Waals surface area contributed by atoms with Gasteiger partial charge in [-0.25, -0.2) is 0 Å². The Morgan fingerprint density at radius 2 is 1.77 bits per heavy atom. The topological polar surface area (TPSA) is 74.0 Å². The lowest BCUT2D eigenvalue weighted by Crippen LogP contribution is -1.97. The largest absolute Gasteiger partial charge is 0.497 e. The zero-order chi connectivity index (χ0) is 15.9. The molecule has 0 spiro atoms. The second-order valence-corrected chi connectivity index (χ2v) is 4.60. The molecule has 0 aliphatic heterocycles. The molecule has 2 rings (SSSR count). The maximum absolute atomic E-state index is 10.6. The minimum atomic E-state index is -0.434. The van der Waals surface area contributed by atoms with Gasteiger partial charge in [-0.05, 0) is 54.4 Å². The van der Waals surface area contributed by atoms with Gasteiger partial charge in [-0.15, -0.1) is 0 Å². The lowest BCUT2D eigenvalue weighted by Gasteiger charge is -2.04. The Morgan fingerprint density at radius 1 is 1.14 bits per heavy atom. The lowest BCUT2D eigenvalue weighted by atomic mass is 10.1. The monoisotopic (exact) mass is 300 g/mol. The first kappa shape index (κ1) is 15.5. The van der Waals surface area contributed by atoms with E-state index in [1.807, 2.05) is 31.2 Å². The van der Waals surface area contributed by atoms with Crippen LogP contribution >= 0.6 is 0 Å². The fourth-order valence-electron chi connectivity index (χ4n) is 1.80. The number of non-ortho nitro benzene ring substituents is 1. The Labute approximate surface area is 128 Å². The molecule has 6 heteroatoms. The van der Waals surface area contributed by atoms with E-state index in [4.69, 9.17) is 9.57 Å². The van der Waals surface area contributed by atoms with Crippen LogP contribution in [-0.2, 0) is 11.4 Å². The van der Waals surface area contributed by atoms with Crippen LogP contribution in [0.1, 0.15) is 18.1 Å². The van der Waals surface area contributed by atoms with Gasteiger partial charge in [0, 0.05) is 12.1 Å². The van der Waals surface area contributed by atoms with Crippen LogP contribution < -0.4 is 4.74 Å². The van der Waals surface area contributed by atoms with E-state index < -0.39 is 4.92 Å². The number of hydrogen-bond acceptors (Lipinski definition) is 5. The summed E-state index contributed by atoms with van der Waals surface area (Å²) in [5, 5.41) is 14.6. The Kier molecular flexibility index (Phi) is 5.08. The van der Waals surface area contributed by atoms with Crippen molar-refractivity contribution >= 4 is 11.4 Å². The van der Waals surface area contributed by atoms with Crippen LogP contribution in [-0.4, -0.2) is 17.7 Å². The predicted octanol–water partition coefficient (Wildman–Crippen LogP) is 3.54. The van der Waals surface area contributed by atoms with Gasteiger partial charge >= 0.3 is 0 Å². The molecular formula is C16H16N2O4. The fourth-order valence-corrected chi connectivity index (χ4v) is 1.80. The molecule has 22 heavy (non-hydrogen) atoms. The van der Waals surface area contributed by atoms with Crippen LogP contribution in [0.2, 0.25) is 0 Å². The number of hydrogen-bond donors (Lipinski definition) is 0. The molecule has 0 bridgehead atoms. The van der Waals surface area contributed by atoms with Crippen molar-refractivity contribution in [2.45, 2.75) is 13.5 Å². The molecule has 0 aliphatic carbocycles. The zero-order valence-corrected chi connectivity index (χ0v) is 12.4. The first-order valence-corrected chi connectivity index (χ1v) is 6.64. The van der Waals surface area contributed by atoms with Crippen molar-refractivity contribution in [3.8, 4) is 5.75 Å². The van der Waals surface area contributed by atoms with Gasteiger partial charge in [0.15, 0.2) is 0 Å². The second-order valence-electron chi connectivity index (χ2n) is 4.60. The molecule has 0 N–H and O–H groups in total. The van der Waals surface area contributed by atoms with Gasteiger partial charge in [0.25, 0.3) is 5.69 Å². The third-order valence-corrected chi connectivity index (χ3v) is 3.09. The predicted molar refractivity (Wildman–Crippen MR) is 83.1 cm³/mol. The van der Waals surface area contributed by atoms with Crippen LogP contribution in [0.25, 0.3) is 0 Å². The van der Waals surface area contributed by atoms with E-state index in [9.17, 15) is 10.1 Å². The van der Waals surface area contributed by atoms with Crippen molar-refractivity contribution in [2.75, 3.05) is 7.11 Å². The Hall–Kier alpha value is -2.89. The van der Waals surface area contributed by atoms with E-state index >= 15 is 0 Å².